The van der Waals surface area contributed by atoms with Crippen LogP contribution in [0.1, 0.15) is 25.5 Å². The lowest BCUT2D eigenvalue weighted by Crippen LogP contribution is -2.47. The van der Waals surface area contributed by atoms with Crippen LogP contribution in [0.3, 0.4) is 0 Å². The highest BCUT2D eigenvalue weighted by Crippen LogP contribution is 2.37. The van der Waals surface area contributed by atoms with E-state index in [-0.39, 0.29) is 28.8 Å². The number of hydrazine groups is 1. The first kappa shape index (κ1) is 23.6. The summed E-state index contributed by atoms with van der Waals surface area (Å²) in [6, 6.07) is 4.07. The van der Waals surface area contributed by atoms with Gasteiger partial charge in [-0.15, -0.1) is 0 Å². The highest BCUT2D eigenvalue weighted by molar-refractivity contribution is 5.74. The zero-order valence-corrected chi connectivity index (χ0v) is 19.3. The number of nitrogens with zero attached hydrogens (tertiary/aromatic N) is 4. The van der Waals surface area contributed by atoms with Crippen molar-refractivity contribution >= 4 is 11.6 Å². The summed E-state index contributed by atoms with van der Waals surface area (Å²) in [5.41, 5.74) is 4.37. The number of hydrogen-bond acceptors (Lipinski definition) is 6. The number of carbonyl (C=O) groups is 1. The molecule has 0 aliphatic carbocycles. The third kappa shape index (κ3) is 4.47. The number of carbonyl (C=O) groups excluding carboxylic acids is 1. The molecule has 0 radical (unpaired) electrons. The van der Waals surface area contributed by atoms with Crippen LogP contribution in [0.25, 0.3) is 11.1 Å². The SMILES string of the molecule is CC(=O)N1CCC2=C(C1)C(Nc1ccc(-c3cn(C)nc3C(F)(F)F)cc1F)NN2C1CCOC1. The minimum atomic E-state index is -4.66. The van der Waals surface area contributed by atoms with Crippen LogP contribution in [-0.4, -0.2) is 64.1 Å². The molecule has 0 bridgehead atoms. The molecule has 12 heteroatoms. The van der Waals surface area contributed by atoms with E-state index in [1.807, 2.05) is 0 Å². The predicted octanol–water partition coefficient (Wildman–Crippen LogP) is 3.10. The first-order chi connectivity index (χ1) is 16.6. The third-order valence-corrected chi connectivity index (χ3v) is 6.65. The van der Waals surface area contributed by atoms with Crippen LogP contribution in [0.4, 0.5) is 23.2 Å². The van der Waals surface area contributed by atoms with E-state index in [9.17, 15) is 18.0 Å². The number of nitrogens with one attached hydrogen (secondary N) is 2. The molecule has 3 aliphatic rings. The van der Waals surface area contributed by atoms with E-state index >= 15 is 4.39 Å². The van der Waals surface area contributed by atoms with E-state index < -0.39 is 23.9 Å². The van der Waals surface area contributed by atoms with Gasteiger partial charge in [0, 0.05) is 63.1 Å². The molecule has 4 heterocycles. The Balaban J connectivity index is 1.42. The van der Waals surface area contributed by atoms with Crippen LogP contribution in [0.2, 0.25) is 0 Å². The molecule has 2 atom stereocenters. The molecule has 1 aromatic heterocycles. The van der Waals surface area contributed by atoms with Gasteiger partial charge in [0.05, 0.1) is 18.3 Å². The van der Waals surface area contributed by atoms with Gasteiger partial charge in [-0.05, 0) is 24.1 Å². The number of rotatable bonds is 4. The Morgan fingerprint density at radius 1 is 1.31 bits per heavy atom. The van der Waals surface area contributed by atoms with Crippen molar-refractivity contribution < 1.29 is 27.1 Å². The Morgan fingerprint density at radius 3 is 2.77 bits per heavy atom. The second-order valence-electron chi connectivity index (χ2n) is 9.01. The summed E-state index contributed by atoms with van der Waals surface area (Å²) in [4.78, 5) is 13.7. The minimum Gasteiger partial charge on any atom is -0.379 e. The number of alkyl halides is 3. The van der Waals surface area contributed by atoms with Crippen LogP contribution in [-0.2, 0) is 22.8 Å². The Kier molecular flexibility index (Phi) is 5.96. The van der Waals surface area contributed by atoms with Gasteiger partial charge in [-0.3, -0.25) is 9.48 Å². The summed E-state index contributed by atoms with van der Waals surface area (Å²) < 4.78 is 61.8. The van der Waals surface area contributed by atoms with Gasteiger partial charge >= 0.3 is 6.18 Å². The summed E-state index contributed by atoms with van der Waals surface area (Å²) in [5.74, 6) is -0.726. The summed E-state index contributed by atoms with van der Waals surface area (Å²) in [6.07, 6.45) is -2.39. The monoisotopic (exact) mass is 494 g/mol. The van der Waals surface area contributed by atoms with Gasteiger partial charge in [0.15, 0.2) is 5.69 Å². The average Bonchev–Trinajstić information content (AvgIpc) is 3.53. The molecule has 2 N–H and O–H groups in total. The molecule has 3 aliphatic heterocycles. The molecule has 1 amide bonds. The molecule has 0 spiro atoms. The third-order valence-electron chi connectivity index (χ3n) is 6.65. The van der Waals surface area contributed by atoms with Crippen molar-refractivity contribution in [2.45, 2.75) is 38.1 Å². The van der Waals surface area contributed by atoms with Crippen LogP contribution in [0.15, 0.2) is 35.7 Å². The fourth-order valence-electron chi connectivity index (χ4n) is 4.91. The van der Waals surface area contributed by atoms with E-state index in [2.05, 4.69) is 20.9 Å². The number of benzene rings is 1. The van der Waals surface area contributed by atoms with Crippen LogP contribution in [0.5, 0.6) is 0 Å². The second-order valence-corrected chi connectivity index (χ2v) is 9.01. The highest BCUT2D eigenvalue weighted by atomic mass is 19.4. The van der Waals surface area contributed by atoms with E-state index in [1.165, 1.54) is 32.3 Å². The zero-order valence-electron chi connectivity index (χ0n) is 19.3. The van der Waals surface area contributed by atoms with E-state index in [0.717, 1.165) is 28.4 Å². The van der Waals surface area contributed by atoms with Crippen molar-refractivity contribution in [3.05, 3.63) is 47.2 Å². The van der Waals surface area contributed by atoms with Gasteiger partial charge in [-0.25, -0.2) is 9.82 Å². The Hall–Kier alpha value is -3.12. The molecule has 35 heavy (non-hydrogen) atoms. The smallest absolute Gasteiger partial charge is 0.379 e. The summed E-state index contributed by atoms with van der Waals surface area (Å²) in [5, 5.41) is 8.70. The van der Waals surface area contributed by atoms with Crippen molar-refractivity contribution in [1.82, 2.24) is 25.1 Å². The lowest BCUT2D eigenvalue weighted by atomic mass is 10.0. The zero-order chi connectivity index (χ0) is 24.9. The van der Waals surface area contributed by atoms with Crippen molar-refractivity contribution in [2.24, 2.45) is 7.05 Å². The van der Waals surface area contributed by atoms with Crippen molar-refractivity contribution in [3.63, 3.8) is 0 Å². The quantitative estimate of drug-likeness (QED) is 0.637. The summed E-state index contributed by atoms with van der Waals surface area (Å²) in [7, 11) is 1.39. The van der Waals surface area contributed by atoms with Gasteiger partial charge in [-0.2, -0.15) is 18.3 Å². The second kappa shape index (κ2) is 8.83. The van der Waals surface area contributed by atoms with Crippen molar-refractivity contribution in [1.29, 1.82) is 0 Å². The van der Waals surface area contributed by atoms with E-state index in [4.69, 9.17) is 4.74 Å². The van der Waals surface area contributed by atoms with Gasteiger partial charge in [-0.1, -0.05) is 6.07 Å². The minimum absolute atomic E-state index is 0.0366. The maximum Gasteiger partial charge on any atom is 0.435 e. The molecule has 188 valence electrons. The standard InChI is InChI=1S/C23H26F4N6O2/c1-13(34)32-7-5-20-17(11-32)22(30-33(20)15-6-8-35-12-15)28-19-4-3-14(9-18(19)24)16-10-31(2)29-21(16)23(25,26)27/h3-4,9-10,15,22,28,30H,5-8,11-12H2,1-2H3. The van der Waals surface area contributed by atoms with Gasteiger partial charge in [0.2, 0.25) is 5.91 Å². The fraction of sp³-hybridized carbons (Fsp3) is 0.478. The maximum absolute atomic E-state index is 15.1. The lowest BCUT2D eigenvalue weighted by Gasteiger charge is -2.32. The first-order valence-corrected chi connectivity index (χ1v) is 11.4. The Bertz CT molecular complexity index is 1170. The molecule has 2 unspecified atom stereocenters. The largest absolute Gasteiger partial charge is 0.435 e. The van der Waals surface area contributed by atoms with Crippen molar-refractivity contribution in [2.75, 3.05) is 31.6 Å². The number of aromatic nitrogens is 2. The lowest BCUT2D eigenvalue weighted by molar-refractivity contribution is -0.141. The maximum atomic E-state index is 15.1. The number of ether oxygens (including phenoxy) is 1. The predicted molar refractivity (Wildman–Crippen MR) is 119 cm³/mol. The number of hydrogen-bond donors (Lipinski definition) is 2. The van der Waals surface area contributed by atoms with Crippen LogP contribution >= 0.6 is 0 Å². The summed E-state index contributed by atoms with van der Waals surface area (Å²) >= 11 is 0. The molecule has 1 fully saturated rings. The molecular formula is C23H26F4N6O2. The topological polar surface area (TPSA) is 74.7 Å². The molecule has 1 aromatic carbocycles. The van der Waals surface area contributed by atoms with Crippen molar-refractivity contribution in [3.8, 4) is 11.1 Å². The molecule has 0 saturated carbocycles. The molecule has 5 rings (SSSR count). The van der Waals surface area contributed by atoms with E-state index in [0.29, 0.717) is 32.7 Å². The van der Waals surface area contributed by atoms with Gasteiger partial charge in [0.1, 0.15) is 12.0 Å². The molecule has 2 aromatic rings. The Labute approximate surface area is 199 Å². The van der Waals surface area contributed by atoms with Crippen LogP contribution < -0.4 is 10.7 Å². The van der Waals surface area contributed by atoms with Crippen LogP contribution in [0, 0.1) is 5.82 Å². The number of anilines is 1. The van der Waals surface area contributed by atoms with Gasteiger partial charge in [0.25, 0.3) is 0 Å². The highest BCUT2D eigenvalue weighted by Gasteiger charge is 2.40. The van der Waals surface area contributed by atoms with E-state index in [1.54, 1.807) is 4.90 Å². The molecule has 1 saturated heterocycles. The fourth-order valence-corrected chi connectivity index (χ4v) is 4.91. The molecule has 8 nitrogen and oxygen atoms in total. The number of halogens is 4. The number of aryl methyl sites for hydroxylation is 1. The Morgan fingerprint density at radius 2 is 2.11 bits per heavy atom. The average molecular weight is 494 g/mol. The number of amides is 1. The molecular weight excluding hydrogens is 468 g/mol. The van der Waals surface area contributed by atoms with Gasteiger partial charge < -0.3 is 20.0 Å². The normalized spacial score (nSPS) is 22.7. The first-order valence-electron chi connectivity index (χ1n) is 11.4. The summed E-state index contributed by atoms with van der Waals surface area (Å²) in [6.45, 7) is 3.76.